The van der Waals surface area contributed by atoms with Gasteiger partial charge in [0.05, 0.1) is 5.52 Å². The van der Waals surface area contributed by atoms with E-state index in [1.807, 2.05) is 18.2 Å². The summed E-state index contributed by atoms with van der Waals surface area (Å²) in [6.07, 6.45) is 0. The number of aromatic amines is 1. The third kappa shape index (κ3) is 1.31. The van der Waals surface area contributed by atoms with Crippen molar-refractivity contribution in [1.29, 1.82) is 0 Å². The molecule has 2 aromatic rings. The first kappa shape index (κ1) is 8.62. The molecule has 1 heterocycles. The molecule has 0 aliphatic rings. The monoisotopic (exact) mass is 190 g/mol. The van der Waals surface area contributed by atoms with E-state index in [1.54, 1.807) is 6.07 Å². The van der Waals surface area contributed by atoms with Crippen LogP contribution in [0.2, 0.25) is 0 Å². The fourth-order valence-corrected chi connectivity index (χ4v) is 1.39. The third-order valence-corrected chi connectivity index (χ3v) is 1.98. The van der Waals surface area contributed by atoms with Crippen molar-refractivity contribution in [1.82, 2.24) is 4.98 Å². The molecule has 1 amide bonds. The Hall–Kier alpha value is -1.97. The van der Waals surface area contributed by atoms with Crippen LogP contribution in [0.5, 0.6) is 5.75 Å². The summed E-state index contributed by atoms with van der Waals surface area (Å²) < 4.78 is 0. The molecule has 0 atom stereocenters. The number of benzene rings is 1. The average Bonchev–Trinajstić information content (AvgIpc) is 2.44. The minimum absolute atomic E-state index is 0.0794. The lowest BCUT2D eigenvalue weighted by Gasteiger charge is -1.97. The highest BCUT2D eigenvalue weighted by Crippen LogP contribution is 2.32. The maximum absolute atomic E-state index is 10.8. The third-order valence-electron chi connectivity index (χ3n) is 1.98. The van der Waals surface area contributed by atoms with Gasteiger partial charge < -0.3 is 15.4 Å². The van der Waals surface area contributed by atoms with Crippen LogP contribution in [0.3, 0.4) is 0 Å². The maximum atomic E-state index is 10.8. The smallest absolute Gasteiger partial charge is 0.222 e. The van der Waals surface area contributed by atoms with E-state index in [2.05, 4.69) is 10.3 Å². The molecule has 1 aromatic carbocycles. The van der Waals surface area contributed by atoms with Gasteiger partial charge in [-0.05, 0) is 12.1 Å². The Balaban J connectivity index is 2.57. The van der Waals surface area contributed by atoms with Crippen LogP contribution < -0.4 is 5.32 Å². The zero-order valence-electron chi connectivity index (χ0n) is 7.66. The van der Waals surface area contributed by atoms with Crippen LogP contribution in [0.15, 0.2) is 24.3 Å². The van der Waals surface area contributed by atoms with Gasteiger partial charge in [0.15, 0.2) is 11.6 Å². The summed E-state index contributed by atoms with van der Waals surface area (Å²) in [6, 6.07) is 7.30. The van der Waals surface area contributed by atoms with E-state index in [1.165, 1.54) is 6.92 Å². The Labute approximate surface area is 80.6 Å². The van der Waals surface area contributed by atoms with Gasteiger partial charge >= 0.3 is 0 Å². The van der Waals surface area contributed by atoms with Gasteiger partial charge in [-0.3, -0.25) is 4.79 Å². The van der Waals surface area contributed by atoms with Crippen LogP contribution >= 0.6 is 0 Å². The number of hydrogen-bond acceptors (Lipinski definition) is 2. The number of carbonyl (C=O) groups is 1. The lowest BCUT2D eigenvalue weighted by Crippen LogP contribution is -2.05. The summed E-state index contributed by atoms with van der Waals surface area (Å²) in [6.45, 7) is 1.39. The summed E-state index contributed by atoms with van der Waals surface area (Å²) in [4.78, 5) is 13.7. The van der Waals surface area contributed by atoms with Gasteiger partial charge in [0, 0.05) is 12.3 Å². The Morgan fingerprint density at radius 3 is 2.79 bits per heavy atom. The number of anilines is 1. The van der Waals surface area contributed by atoms with Crippen molar-refractivity contribution in [3.63, 3.8) is 0 Å². The molecule has 0 unspecified atom stereocenters. The second kappa shape index (κ2) is 3.06. The van der Waals surface area contributed by atoms with Crippen LogP contribution in [-0.2, 0) is 4.79 Å². The number of amides is 1. The second-order valence-electron chi connectivity index (χ2n) is 3.08. The predicted octanol–water partition coefficient (Wildman–Crippen LogP) is 1.83. The van der Waals surface area contributed by atoms with E-state index in [-0.39, 0.29) is 11.7 Å². The van der Waals surface area contributed by atoms with Gasteiger partial charge in [-0.2, -0.15) is 0 Å². The van der Waals surface area contributed by atoms with Crippen molar-refractivity contribution >= 4 is 22.6 Å². The zero-order chi connectivity index (χ0) is 10.1. The molecule has 2 rings (SSSR count). The van der Waals surface area contributed by atoms with Crippen LogP contribution in [0, 0.1) is 0 Å². The van der Waals surface area contributed by atoms with Crippen LogP contribution in [-0.4, -0.2) is 16.0 Å². The largest absolute Gasteiger partial charge is 0.504 e. The van der Waals surface area contributed by atoms with E-state index in [9.17, 15) is 9.90 Å². The van der Waals surface area contributed by atoms with Crippen molar-refractivity contribution < 1.29 is 9.90 Å². The number of nitrogens with one attached hydrogen (secondary N) is 2. The summed E-state index contributed by atoms with van der Waals surface area (Å²) in [7, 11) is 0. The first-order valence-corrected chi connectivity index (χ1v) is 4.26. The molecule has 0 saturated carbocycles. The summed E-state index contributed by atoms with van der Waals surface area (Å²) in [5.74, 6) is 0.210. The second-order valence-corrected chi connectivity index (χ2v) is 3.08. The standard InChI is InChI=1S/C10H10N2O2/c1-6(13)11-10-9(14)7-4-2-3-5-8(7)12-10/h2-5,12,14H,1H3,(H,11,13). The highest BCUT2D eigenvalue weighted by Gasteiger charge is 2.09. The number of carbonyl (C=O) groups excluding carboxylic acids is 1. The van der Waals surface area contributed by atoms with Crippen LogP contribution in [0.25, 0.3) is 10.9 Å². The van der Waals surface area contributed by atoms with Crippen LogP contribution in [0.4, 0.5) is 5.82 Å². The van der Waals surface area contributed by atoms with Crippen molar-refractivity contribution in [2.45, 2.75) is 6.92 Å². The summed E-state index contributed by atoms with van der Waals surface area (Å²) in [5.41, 5.74) is 0.800. The number of hydrogen-bond donors (Lipinski definition) is 3. The highest BCUT2D eigenvalue weighted by atomic mass is 16.3. The van der Waals surface area contributed by atoms with Gasteiger partial charge in [0.2, 0.25) is 5.91 Å². The lowest BCUT2D eigenvalue weighted by molar-refractivity contribution is -0.114. The Morgan fingerprint density at radius 2 is 2.14 bits per heavy atom. The zero-order valence-corrected chi connectivity index (χ0v) is 7.66. The van der Waals surface area contributed by atoms with Crippen molar-refractivity contribution in [2.75, 3.05) is 5.32 Å². The van der Waals surface area contributed by atoms with Crippen molar-refractivity contribution in [3.05, 3.63) is 24.3 Å². The highest BCUT2D eigenvalue weighted by molar-refractivity contribution is 5.97. The fourth-order valence-electron chi connectivity index (χ4n) is 1.39. The predicted molar refractivity (Wildman–Crippen MR) is 54.3 cm³/mol. The molecule has 4 nitrogen and oxygen atoms in total. The molecule has 0 bridgehead atoms. The minimum atomic E-state index is -0.216. The van der Waals surface area contributed by atoms with Gasteiger partial charge in [0.25, 0.3) is 0 Å². The van der Waals surface area contributed by atoms with Gasteiger partial charge in [-0.25, -0.2) is 0 Å². The van der Waals surface area contributed by atoms with E-state index in [0.717, 1.165) is 5.52 Å². The Bertz CT molecular complexity index is 488. The molecule has 72 valence electrons. The number of para-hydroxylation sites is 1. The molecular formula is C10H10N2O2. The molecule has 0 radical (unpaired) electrons. The molecule has 0 saturated heterocycles. The molecule has 3 N–H and O–H groups in total. The maximum Gasteiger partial charge on any atom is 0.222 e. The Morgan fingerprint density at radius 1 is 1.43 bits per heavy atom. The van der Waals surface area contributed by atoms with E-state index in [0.29, 0.717) is 11.2 Å². The number of aromatic hydroxyl groups is 1. The van der Waals surface area contributed by atoms with E-state index >= 15 is 0 Å². The lowest BCUT2D eigenvalue weighted by atomic mass is 10.2. The SMILES string of the molecule is CC(=O)Nc1[nH]c2ccccc2c1O. The average molecular weight is 190 g/mol. The fraction of sp³-hybridized carbons (Fsp3) is 0.100. The first-order valence-electron chi connectivity index (χ1n) is 4.26. The molecule has 14 heavy (non-hydrogen) atoms. The van der Waals surface area contributed by atoms with Gasteiger partial charge in [0.1, 0.15) is 0 Å². The van der Waals surface area contributed by atoms with E-state index in [4.69, 9.17) is 0 Å². The minimum Gasteiger partial charge on any atom is -0.504 e. The summed E-state index contributed by atoms with van der Waals surface area (Å²) in [5, 5.41) is 12.9. The first-order chi connectivity index (χ1) is 6.68. The van der Waals surface area contributed by atoms with Crippen molar-refractivity contribution in [3.8, 4) is 5.75 Å². The molecule has 0 aliphatic heterocycles. The normalized spacial score (nSPS) is 10.4. The van der Waals surface area contributed by atoms with Crippen LogP contribution in [0.1, 0.15) is 6.92 Å². The molecule has 0 fully saturated rings. The number of aromatic nitrogens is 1. The molecule has 0 spiro atoms. The van der Waals surface area contributed by atoms with E-state index < -0.39 is 0 Å². The molecule has 0 aliphatic carbocycles. The summed E-state index contributed by atoms with van der Waals surface area (Å²) >= 11 is 0. The number of rotatable bonds is 1. The molecule has 4 heteroatoms. The topological polar surface area (TPSA) is 65.1 Å². The van der Waals surface area contributed by atoms with Gasteiger partial charge in [-0.15, -0.1) is 0 Å². The number of fused-ring (bicyclic) bond motifs is 1. The number of H-pyrrole nitrogens is 1. The molecule has 1 aromatic heterocycles. The quantitative estimate of drug-likeness (QED) is 0.642. The Kier molecular flexibility index (Phi) is 1.89. The van der Waals surface area contributed by atoms with Crippen molar-refractivity contribution in [2.24, 2.45) is 0 Å². The van der Waals surface area contributed by atoms with Gasteiger partial charge in [-0.1, -0.05) is 12.1 Å². The molecular weight excluding hydrogens is 180 g/mol.